The molecule has 2 heterocycles. The van der Waals surface area contributed by atoms with Gasteiger partial charge in [0.15, 0.2) is 0 Å². The Morgan fingerprint density at radius 3 is 3.00 bits per heavy atom. The number of aromatic amines is 1. The number of rotatable bonds is 4. The number of ether oxygens (including phenoxy) is 1. The highest BCUT2D eigenvalue weighted by molar-refractivity contribution is 5.92. The maximum absolute atomic E-state index is 12.3. The number of carbonyl (C=O) groups excluding carboxylic acids is 1. The second kappa shape index (κ2) is 5.24. The van der Waals surface area contributed by atoms with Gasteiger partial charge in [0.2, 0.25) is 0 Å². The molecule has 1 saturated carbocycles. The fourth-order valence-electron chi connectivity index (χ4n) is 2.43. The molecule has 2 aliphatic rings. The Hall–Kier alpha value is -1.89. The molecule has 0 unspecified atom stereocenters. The molecule has 1 aliphatic carbocycles. The summed E-state index contributed by atoms with van der Waals surface area (Å²) in [5.41, 5.74) is 1.42. The summed E-state index contributed by atoms with van der Waals surface area (Å²) in [6, 6.07) is 1.81. The number of carbonyl (C=O) groups is 2. The van der Waals surface area contributed by atoms with E-state index >= 15 is 0 Å². The van der Waals surface area contributed by atoms with Gasteiger partial charge in [-0.25, -0.2) is 0 Å². The Balaban J connectivity index is 1.64. The third-order valence-corrected chi connectivity index (χ3v) is 3.66. The largest absolute Gasteiger partial charge is 0.481 e. The lowest BCUT2D eigenvalue weighted by Crippen LogP contribution is -2.46. The lowest BCUT2D eigenvalue weighted by Gasteiger charge is -2.31. The summed E-state index contributed by atoms with van der Waals surface area (Å²) in [6.07, 6.45) is 1.77. The van der Waals surface area contributed by atoms with Gasteiger partial charge in [-0.2, -0.15) is 5.10 Å². The van der Waals surface area contributed by atoms with Crippen molar-refractivity contribution in [1.82, 2.24) is 15.1 Å². The van der Waals surface area contributed by atoms with Crippen LogP contribution in [0, 0.1) is 0 Å². The SMILES string of the molecule is O=C(O)C[C@H]1CN(C(=O)c2cc(C3CC3)[nH]n2)CCO1. The number of hydrogen-bond acceptors (Lipinski definition) is 4. The first kappa shape index (κ1) is 13.1. The van der Waals surface area contributed by atoms with Crippen LogP contribution >= 0.6 is 0 Å². The maximum atomic E-state index is 12.3. The monoisotopic (exact) mass is 279 g/mol. The smallest absolute Gasteiger partial charge is 0.306 e. The van der Waals surface area contributed by atoms with Crippen LogP contribution < -0.4 is 0 Å². The van der Waals surface area contributed by atoms with Crippen molar-refractivity contribution in [1.29, 1.82) is 0 Å². The summed E-state index contributed by atoms with van der Waals surface area (Å²) in [5, 5.41) is 15.8. The van der Waals surface area contributed by atoms with Crippen LogP contribution in [0.5, 0.6) is 0 Å². The summed E-state index contributed by atoms with van der Waals surface area (Å²) in [7, 11) is 0. The average molecular weight is 279 g/mol. The molecule has 108 valence electrons. The number of carboxylic acid groups (broad SMARTS) is 1. The van der Waals surface area contributed by atoms with Crippen LogP contribution in [-0.4, -0.2) is 57.9 Å². The van der Waals surface area contributed by atoms with E-state index in [1.165, 1.54) is 0 Å². The molecule has 1 aliphatic heterocycles. The molecule has 0 radical (unpaired) electrons. The molecular formula is C13H17N3O4. The minimum Gasteiger partial charge on any atom is -0.481 e. The molecule has 0 spiro atoms. The van der Waals surface area contributed by atoms with Gasteiger partial charge in [0.05, 0.1) is 19.1 Å². The van der Waals surface area contributed by atoms with Crippen molar-refractivity contribution in [3.8, 4) is 0 Å². The van der Waals surface area contributed by atoms with Crippen LogP contribution in [0.4, 0.5) is 0 Å². The van der Waals surface area contributed by atoms with Gasteiger partial charge in [-0.1, -0.05) is 0 Å². The summed E-state index contributed by atoms with van der Waals surface area (Å²) >= 11 is 0. The highest BCUT2D eigenvalue weighted by Crippen LogP contribution is 2.39. The first-order chi connectivity index (χ1) is 9.63. The number of H-pyrrole nitrogens is 1. The molecule has 1 aromatic rings. The van der Waals surface area contributed by atoms with E-state index in [2.05, 4.69) is 10.2 Å². The van der Waals surface area contributed by atoms with Gasteiger partial charge in [0, 0.05) is 24.7 Å². The van der Waals surface area contributed by atoms with Crippen molar-refractivity contribution < 1.29 is 19.4 Å². The number of aromatic nitrogens is 2. The molecule has 1 aromatic heterocycles. The van der Waals surface area contributed by atoms with Gasteiger partial charge in [-0.05, 0) is 18.9 Å². The average Bonchev–Trinajstić information content (AvgIpc) is 3.15. The molecule has 1 saturated heterocycles. The summed E-state index contributed by atoms with van der Waals surface area (Å²) in [4.78, 5) is 24.6. The number of nitrogens with one attached hydrogen (secondary N) is 1. The fourth-order valence-corrected chi connectivity index (χ4v) is 2.43. The van der Waals surface area contributed by atoms with Crippen molar-refractivity contribution in [2.45, 2.75) is 31.3 Å². The van der Waals surface area contributed by atoms with Crippen molar-refractivity contribution in [3.63, 3.8) is 0 Å². The predicted octanol–water partition coefficient (Wildman–Crippen LogP) is 0.603. The van der Waals surface area contributed by atoms with Crippen molar-refractivity contribution in [3.05, 3.63) is 17.5 Å². The lowest BCUT2D eigenvalue weighted by atomic mass is 10.2. The molecule has 2 N–H and O–H groups in total. The molecule has 1 amide bonds. The second-order valence-corrected chi connectivity index (χ2v) is 5.32. The minimum absolute atomic E-state index is 0.0856. The number of carboxylic acids is 1. The molecular weight excluding hydrogens is 262 g/mol. The Morgan fingerprint density at radius 2 is 2.30 bits per heavy atom. The quantitative estimate of drug-likeness (QED) is 0.841. The highest BCUT2D eigenvalue weighted by atomic mass is 16.5. The Morgan fingerprint density at radius 1 is 1.50 bits per heavy atom. The Bertz CT molecular complexity index is 523. The van der Waals surface area contributed by atoms with Gasteiger partial charge < -0.3 is 14.7 Å². The van der Waals surface area contributed by atoms with Crippen molar-refractivity contribution in [2.75, 3.05) is 19.7 Å². The normalized spacial score (nSPS) is 22.8. The van der Waals surface area contributed by atoms with E-state index in [4.69, 9.17) is 9.84 Å². The minimum atomic E-state index is -0.917. The number of amides is 1. The van der Waals surface area contributed by atoms with Crippen LogP contribution in [0.1, 0.15) is 41.4 Å². The topological polar surface area (TPSA) is 95.5 Å². The van der Waals surface area contributed by atoms with Crippen molar-refractivity contribution >= 4 is 11.9 Å². The molecule has 1 atom stereocenters. The van der Waals surface area contributed by atoms with E-state index in [1.807, 2.05) is 6.07 Å². The zero-order valence-corrected chi connectivity index (χ0v) is 11.0. The summed E-state index contributed by atoms with van der Waals surface area (Å²) in [6.45, 7) is 1.14. The Kier molecular flexibility index (Phi) is 3.43. The van der Waals surface area contributed by atoms with Crippen LogP contribution in [0.25, 0.3) is 0 Å². The lowest BCUT2D eigenvalue weighted by molar-refractivity contribution is -0.141. The summed E-state index contributed by atoms with van der Waals surface area (Å²) < 4.78 is 5.36. The van der Waals surface area contributed by atoms with E-state index < -0.39 is 12.1 Å². The van der Waals surface area contributed by atoms with E-state index in [0.29, 0.717) is 31.3 Å². The van der Waals surface area contributed by atoms with Crippen LogP contribution in [-0.2, 0) is 9.53 Å². The molecule has 7 heteroatoms. The molecule has 20 heavy (non-hydrogen) atoms. The zero-order chi connectivity index (χ0) is 14.1. The first-order valence-electron chi connectivity index (χ1n) is 6.81. The highest BCUT2D eigenvalue weighted by Gasteiger charge is 2.30. The number of morpholine rings is 1. The van der Waals surface area contributed by atoms with Crippen LogP contribution in [0.3, 0.4) is 0 Å². The fraction of sp³-hybridized carbons (Fsp3) is 0.615. The standard InChI is InChI=1S/C13H17N3O4/c17-12(18)5-9-7-16(3-4-20-9)13(19)11-6-10(14-15-11)8-1-2-8/h6,8-9H,1-5,7H2,(H,14,15)(H,17,18)/t9-/m0/s1. The van der Waals surface area contributed by atoms with Gasteiger partial charge >= 0.3 is 5.97 Å². The van der Waals surface area contributed by atoms with E-state index in [9.17, 15) is 9.59 Å². The van der Waals surface area contributed by atoms with Gasteiger partial charge in [0.1, 0.15) is 5.69 Å². The van der Waals surface area contributed by atoms with Gasteiger partial charge in [-0.3, -0.25) is 14.7 Å². The van der Waals surface area contributed by atoms with Gasteiger partial charge in [-0.15, -0.1) is 0 Å². The van der Waals surface area contributed by atoms with Crippen molar-refractivity contribution in [2.24, 2.45) is 0 Å². The van der Waals surface area contributed by atoms with E-state index in [1.54, 1.807) is 4.90 Å². The van der Waals surface area contributed by atoms with Gasteiger partial charge in [0.25, 0.3) is 5.91 Å². The number of aliphatic carboxylic acids is 1. The third kappa shape index (κ3) is 2.82. The molecule has 0 aromatic carbocycles. The number of nitrogens with zero attached hydrogens (tertiary/aromatic N) is 2. The predicted molar refractivity (Wildman–Crippen MR) is 68.5 cm³/mol. The molecule has 0 bridgehead atoms. The van der Waals surface area contributed by atoms with E-state index in [-0.39, 0.29) is 12.3 Å². The Labute approximate surface area is 115 Å². The second-order valence-electron chi connectivity index (χ2n) is 5.32. The summed E-state index contributed by atoms with van der Waals surface area (Å²) in [5.74, 6) is -0.555. The zero-order valence-electron chi connectivity index (χ0n) is 11.0. The molecule has 2 fully saturated rings. The maximum Gasteiger partial charge on any atom is 0.306 e. The molecule has 3 rings (SSSR count). The van der Waals surface area contributed by atoms with Crippen LogP contribution in [0.15, 0.2) is 6.07 Å². The number of hydrogen-bond donors (Lipinski definition) is 2. The van der Waals surface area contributed by atoms with E-state index in [0.717, 1.165) is 18.5 Å². The van der Waals surface area contributed by atoms with Crippen LogP contribution in [0.2, 0.25) is 0 Å². The first-order valence-corrected chi connectivity index (χ1v) is 6.81. The molecule has 7 nitrogen and oxygen atoms in total. The third-order valence-electron chi connectivity index (χ3n) is 3.66.